The second kappa shape index (κ2) is 7.24. The molecule has 1 aromatic rings. The smallest absolute Gasteiger partial charge is 0.308 e. The van der Waals surface area contributed by atoms with Gasteiger partial charge in [0.05, 0.1) is 19.1 Å². The molecule has 3 rings (SSSR count). The lowest BCUT2D eigenvalue weighted by Crippen LogP contribution is -2.44. The Bertz CT molecular complexity index is 615. The van der Waals surface area contributed by atoms with Crippen LogP contribution in [0.4, 0.5) is 0 Å². The van der Waals surface area contributed by atoms with Gasteiger partial charge in [-0.25, -0.2) is 0 Å². The molecule has 1 aromatic carbocycles. The van der Waals surface area contributed by atoms with Crippen LogP contribution in [-0.4, -0.2) is 36.5 Å². The van der Waals surface area contributed by atoms with Gasteiger partial charge in [0.2, 0.25) is 5.91 Å². The zero-order valence-electron chi connectivity index (χ0n) is 14.4. The van der Waals surface area contributed by atoms with Crippen molar-refractivity contribution in [2.45, 2.75) is 45.2 Å². The first-order chi connectivity index (χ1) is 11.6. The third-order valence-electron chi connectivity index (χ3n) is 5.17. The molecule has 3 atom stereocenters. The summed E-state index contributed by atoms with van der Waals surface area (Å²) in [6, 6.07) is 7.89. The van der Waals surface area contributed by atoms with Gasteiger partial charge in [0.25, 0.3) is 0 Å². The van der Waals surface area contributed by atoms with Crippen molar-refractivity contribution in [1.82, 2.24) is 4.90 Å². The summed E-state index contributed by atoms with van der Waals surface area (Å²) >= 11 is 0. The Hall–Kier alpha value is -2.04. The number of para-hydroxylation sites is 1. The molecule has 5 nitrogen and oxygen atoms in total. The number of methoxy groups -OCH3 is 1. The van der Waals surface area contributed by atoms with Crippen molar-refractivity contribution >= 4 is 11.9 Å². The number of rotatable bonds is 2. The molecular weight excluding hydrogens is 306 g/mol. The molecule has 0 radical (unpaired) electrons. The van der Waals surface area contributed by atoms with E-state index < -0.39 is 0 Å². The number of carbonyl (C=O) groups is 2. The van der Waals surface area contributed by atoms with E-state index >= 15 is 0 Å². The zero-order chi connectivity index (χ0) is 17.1. The van der Waals surface area contributed by atoms with Gasteiger partial charge in [-0.15, -0.1) is 0 Å². The highest BCUT2D eigenvalue weighted by molar-refractivity contribution is 5.81. The van der Waals surface area contributed by atoms with Crippen LogP contribution in [-0.2, 0) is 20.9 Å². The Balaban J connectivity index is 1.74. The molecular formula is C19H25NO4. The number of nitrogens with zero attached hydrogens (tertiary/aromatic N) is 1. The summed E-state index contributed by atoms with van der Waals surface area (Å²) in [5.74, 6) is 0.552. The summed E-state index contributed by atoms with van der Waals surface area (Å²) in [6.45, 7) is 3.08. The minimum atomic E-state index is -0.190. The van der Waals surface area contributed by atoms with Gasteiger partial charge < -0.3 is 14.4 Å². The predicted octanol–water partition coefficient (Wildman–Crippen LogP) is 2.78. The first-order valence-electron chi connectivity index (χ1n) is 8.69. The molecule has 0 saturated heterocycles. The Kier molecular flexibility index (Phi) is 5.07. The van der Waals surface area contributed by atoms with Crippen molar-refractivity contribution in [1.29, 1.82) is 0 Å². The fourth-order valence-electron chi connectivity index (χ4n) is 3.74. The van der Waals surface area contributed by atoms with Crippen LogP contribution in [0.15, 0.2) is 24.3 Å². The monoisotopic (exact) mass is 331 g/mol. The molecule has 0 N–H and O–H groups in total. The molecule has 5 heteroatoms. The molecule has 1 amide bonds. The lowest BCUT2D eigenvalue weighted by molar-refractivity contribution is -0.149. The van der Waals surface area contributed by atoms with Gasteiger partial charge >= 0.3 is 5.97 Å². The highest BCUT2D eigenvalue weighted by atomic mass is 16.5. The molecule has 24 heavy (non-hydrogen) atoms. The number of hydrogen-bond acceptors (Lipinski definition) is 4. The third-order valence-corrected chi connectivity index (χ3v) is 5.17. The molecule has 0 aromatic heterocycles. The Morgan fingerprint density at radius 1 is 1.21 bits per heavy atom. The van der Waals surface area contributed by atoms with Crippen LogP contribution in [0.25, 0.3) is 0 Å². The molecule has 130 valence electrons. The average Bonchev–Trinajstić information content (AvgIpc) is 2.80. The highest BCUT2D eigenvalue weighted by Crippen LogP contribution is 2.33. The minimum Gasteiger partial charge on any atom is -0.491 e. The van der Waals surface area contributed by atoms with Crippen molar-refractivity contribution < 1.29 is 19.1 Å². The third kappa shape index (κ3) is 3.40. The maximum absolute atomic E-state index is 13.1. The van der Waals surface area contributed by atoms with Gasteiger partial charge in [-0.2, -0.15) is 0 Å². The van der Waals surface area contributed by atoms with E-state index in [1.807, 2.05) is 36.1 Å². The average molecular weight is 331 g/mol. The minimum absolute atomic E-state index is 0.0170. The van der Waals surface area contributed by atoms with E-state index in [-0.39, 0.29) is 29.8 Å². The second-order valence-corrected chi connectivity index (χ2v) is 6.82. The lowest BCUT2D eigenvalue weighted by atomic mass is 9.80. The maximum Gasteiger partial charge on any atom is 0.308 e. The molecule has 1 fully saturated rings. The van der Waals surface area contributed by atoms with E-state index in [0.717, 1.165) is 30.6 Å². The first-order valence-corrected chi connectivity index (χ1v) is 8.69. The van der Waals surface area contributed by atoms with Crippen molar-refractivity contribution in [3.05, 3.63) is 29.8 Å². The summed E-state index contributed by atoms with van der Waals surface area (Å²) in [6.07, 6.45) is 3.15. The number of carbonyl (C=O) groups excluding carboxylic acids is 2. The molecule has 0 spiro atoms. The standard InChI is InChI=1S/C19H25NO4/c1-13-12-24-17-9-4-3-6-16(17)11-20(13)18(21)14-7-5-8-15(10-14)19(22)23-2/h3-4,6,9,13-15H,5,7-8,10-12H2,1-2H3/t13-,14-,15+/m0/s1. The van der Waals surface area contributed by atoms with E-state index in [1.165, 1.54) is 7.11 Å². The Morgan fingerprint density at radius 2 is 1.96 bits per heavy atom. The molecule has 1 heterocycles. The zero-order valence-corrected chi connectivity index (χ0v) is 14.4. The van der Waals surface area contributed by atoms with Crippen LogP contribution in [0.2, 0.25) is 0 Å². The van der Waals surface area contributed by atoms with E-state index in [0.29, 0.717) is 19.6 Å². The number of benzene rings is 1. The van der Waals surface area contributed by atoms with Gasteiger partial charge in [-0.1, -0.05) is 24.6 Å². The van der Waals surface area contributed by atoms with Crippen LogP contribution in [0.3, 0.4) is 0 Å². The summed E-state index contributed by atoms with van der Waals surface area (Å²) in [7, 11) is 1.42. The van der Waals surface area contributed by atoms with E-state index in [2.05, 4.69) is 0 Å². The number of hydrogen-bond donors (Lipinski definition) is 0. The molecule has 0 bridgehead atoms. The van der Waals surface area contributed by atoms with E-state index in [9.17, 15) is 9.59 Å². The first kappa shape index (κ1) is 16.8. The van der Waals surface area contributed by atoms with Crippen LogP contribution in [0, 0.1) is 11.8 Å². The van der Waals surface area contributed by atoms with E-state index in [1.54, 1.807) is 0 Å². The normalized spacial score (nSPS) is 26.8. The number of fused-ring (bicyclic) bond motifs is 1. The van der Waals surface area contributed by atoms with Gasteiger partial charge in [0, 0.05) is 18.0 Å². The fraction of sp³-hybridized carbons (Fsp3) is 0.579. The fourth-order valence-corrected chi connectivity index (χ4v) is 3.74. The predicted molar refractivity (Wildman–Crippen MR) is 89.4 cm³/mol. The van der Waals surface area contributed by atoms with Crippen LogP contribution >= 0.6 is 0 Å². The molecule has 1 aliphatic heterocycles. The van der Waals surface area contributed by atoms with Crippen LogP contribution < -0.4 is 4.74 Å². The number of esters is 1. The van der Waals surface area contributed by atoms with Crippen molar-refractivity contribution in [2.24, 2.45) is 11.8 Å². The summed E-state index contributed by atoms with van der Waals surface area (Å²) in [5.41, 5.74) is 1.04. The SMILES string of the molecule is COC(=O)[C@@H]1CCC[C@H](C(=O)N2Cc3ccccc3OC[C@@H]2C)C1. The quantitative estimate of drug-likeness (QED) is 0.782. The molecule has 0 unspecified atom stereocenters. The molecule has 2 aliphatic rings. The second-order valence-electron chi connectivity index (χ2n) is 6.82. The highest BCUT2D eigenvalue weighted by Gasteiger charge is 2.36. The van der Waals surface area contributed by atoms with Crippen molar-refractivity contribution in [2.75, 3.05) is 13.7 Å². The number of amides is 1. The summed E-state index contributed by atoms with van der Waals surface area (Å²) in [4.78, 5) is 26.8. The van der Waals surface area contributed by atoms with Crippen molar-refractivity contribution in [3.63, 3.8) is 0 Å². The topological polar surface area (TPSA) is 55.8 Å². The number of ether oxygens (including phenoxy) is 2. The van der Waals surface area contributed by atoms with Gasteiger partial charge in [0.15, 0.2) is 0 Å². The summed E-state index contributed by atoms with van der Waals surface area (Å²) in [5, 5.41) is 0. The maximum atomic E-state index is 13.1. The molecule has 1 saturated carbocycles. The Morgan fingerprint density at radius 3 is 2.75 bits per heavy atom. The van der Waals surface area contributed by atoms with Crippen LogP contribution in [0.1, 0.15) is 38.2 Å². The van der Waals surface area contributed by atoms with Gasteiger partial charge in [-0.3, -0.25) is 9.59 Å². The van der Waals surface area contributed by atoms with Crippen molar-refractivity contribution in [3.8, 4) is 5.75 Å². The largest absolute Gasteiger partial charge is 0.491 e. The van der Waals surface area contributed by atoms with Crippen LogP contribution in [0.5, 0.6) is 5.75 Å². The Labute approximate surface area is 142 Å². The van der Waals surface area contributed by atoms with Gasteiger partial charge in [-0.05, 0) is 32.3 Å². The molecule has 1 aliphatic carbocycles. The van der Waals surface area contributed by atoms with Gasteiger partial charge in [0.1, 0.15) is 12.4 Å². The summed E-state index contributed by atoms with van der Waals surface area (Å²) < 4.78 is 10.7. The van der Waals surface area contributed by atoms with E-state index in [4.69, 9.17) is 9.47 Å². The lowest BCUT2D eigenvalue weighted by Gasteiger charge is -2.33.